The first kappa shape index (κ1) is 50.4. The molecule has 4 aliphatic rings. The molecule has 0 amide bonds. The van der Waals surface area contributed by atoms with Gasteiger partial charge in [0.2, 0.25) is 5.95 Å². The number of phosphoric ester groups is 2. The fraction of sp³-hybridized carbons (Fsp3) is 0.310. The number of aromatic hydroxyl groups is 2. The van der Waals surface area contributed by atoms with Gasteiger partial charge in [0.25, 0.3) is 5.56 Å². The van der Waals surface area contributed by atoms with Crippen LogP contribution in [0.5, 0.6) is 23.0 Å². The molecule has 14 N–H and O–H groups in total. The topological polar surface area (TPSA) is 449 Å². The number of esters is 1. The summed E-state index contributed by atoms with van der Waals surface area (Å²) in [6, 6.07) is 13.9. The largest absolute Gasteiger partial charge is 0.508 e. The number of imidazole rings is 2. The number of H-pyrrole nitrogens is 1. The second-order valence-corrected chi connectivity index (χ2v) is 20.9. The summed E-state index contributed by atoms with van der Waals surface area (Å²) in [6.45, 7) is -1.80. The van der Waals surface area contributed by atoms with Crippen molar-refractivity contribution in [2.75, 3.05) is 42.3 Å². The first-order chi connectivity index (χ1) is 35.7. The Balaban J connectivity index is 0.804. The number of phenols is 2. The predicted octanol–water partition coefficient (Wildman–Crippen LogP) is 0.796. The lowest BCUT2D eigenvalue weighted by Gasteiger charge is -2.36. The van der Waals surface area contributed by atoms with Crippen molar-refractivity contribution in [2.45, 2.75) is 59.8 Å². The first-order valence-corrected chi connectivity index (χ1v) is 26.2. The highest BCUT2D eigenvalue weighted by Gasteiger charge is 2.55. The van der Waals surface area contributed by atoms with E-state index in [1.54, 1.807) is 30.3 Å². The summed E-state index contributed by atoms with van der Waals surface area (Å²) < 4.78 is 66.7. The number of rotatable bonds is 15. The number of carbonyl (C=O) groups excluding carboxylic acids is 1. The molecule has 1 spiro atoms. The fourth-order valence-electron chi connectivity index (χ4n) is 9.41. The number of anilines is 3. The molecule has 9 atom stereocenters. The molecule has 1 unspecified atom stereocenters. The van der Waals surface area contributed by atoms with E-state index in [-0.39, 0.29) is 80.1 Å². The number of aromatic amines is 1. The molecule has 11 rings (SSSR count). The van der Waals surface area contributed by atoms with Gasteiger partial charge in [-0.2, -0.15) is 4.98 Å². The van der Waals surface area contributed by atoms with Crippen molar-refractivity contribution in [3.8, 4) is 23.0 Å². The van der Waals surface area contributed by atoms with Gasteiger partial charge in [-0.25, -0.2) is 33.9 Å². The predicted molar refractivity (Wildman–Crippen MR) is 254 cm³/mol. The lowest BCUT2D eigenvalue weighted by molar-refractivity contribution is -0.0606. The fourth-order valence-corrected chi connectivity index (χ4v) is 11.6. The number of aliphatic hydroxyl groups is 3. The number of hydrogen-bond donors (Lipinski definition) is 12. The molecule has 4 aromatic heterocycles. The number of nitrogens with zero attached hydrogens (tertiary/aromatic N) is 7. The molecule has 2 fully saturated rings. The van der Waals surface area contributed by atoms with E-state index in [9.17, 15) is 58.9 Å². The van der Waals surface area contributed by atoms with Crippen molar-refractivity contribution in [3.63, 3.8) is 0 Å². The number of nitrogens with one attached hydrogen (secondary N) is 2. The Labute approximate surface area is 422 Å². The lowest BCUT2D eigenvalue weighted by Crippen LogP contribution is -2.37. The molecule has 0 bridgehead atoms. The van der Waals surface area contributed by atoms with E-state index >= 15 is 0 Å². The lowest BCUT2D eigenvalue weighted by atomic mass is 9.77. The van der Waals surface area contributed by atoms with Crippen molar-refractivity contribution in [1.82, 2.24) is 39.0 Å². The van der Waals surface area contributed by atoms with E-state index in [2.05, 4.69) is 39.7 Å². The number of aliphatic hydroxyl groups excluding tert-OH is 3. The van der Waals surface area contributed by atoms with Gasteiger partial charge >= 0.3 is 21.6 Å². The molecular weight excluding hydrogens is 1060 g/mol. The number of nitrogen functional groups attached to an aromatic ring is 2. The van der Waals surface area contributed by atoms with Crippen molar-refractivity contribution in [2.24, 2.45) is 0 Å². The Hall–Kier alpha value is -6.80. The molecule has 30 nitrogen and oxygen atoms in total. The van der Waals surface area contributed by atoms with Crippen molar-refractivity contribution < 1.29 is 86.7 Å². The van der Waals surface area contributed by atoms with E-state index in [0.717, 1.165) is 24.4 Å². The Morgan fingerprint density at radius 1 is 0.813 bits per heavy atom. The van der Waals surface area contributed by atoms with Crippen LogP contribution >= 0.6 is 27.4 Å². The van der Waals surface area contributed by atoms with Crippen molar-refractivity contribution in [1.29, 1.82) is 0 Å². The summed E-state index contributed by atoms with van der Waals surface area (Å²) in [6.07, 6.45) is -11.5. The van der Waals surface area contributed by atoms with E-state index in [1.165, 1.54) is 33.4 Å². The zero-order valence-electron chi connectivity index (χ0n) is 38.0. The summed E-state index contributed by atoms with van der Waals surface area (Å²) in [5.41, 5.74) is 11.1. The minimum Gasteiger partial charge on any atom is -0.508 e. The van der Waals surface area contributed by atoms with E-state index in [1.807, 2.05) is 0 Å². The molecule has 7 aromatic rings. The SMILES string of the molecule is Nc1nc2c(nc(SCCNc3cccc4c3C(=O)OC43c4ccc(O)cc4Oc4cc(O)ccc43)n2[C@@H]2O[C@H](COP(=O)(O)O[C@H]3[C@@H](O)[C@H](n4cnc5c(N)ncnc54)O[C@@H]3COP(=O)(O)O)[C@@H](O)[C@H]2O)c(=O)[nH]1. The van der Waals surface area contributed by atoms with Gasteiger partial charge in [-0.1, -0.05) is 23.9 Å². The van der Waals surface area contributed by atoms with Crippen LogP contribution in [0.1, 0.15) is 39.5 Å². The molecule has 0 saturated carbocycles. The van der Waals surface area contributed by atoms with Gasteiger partial charge in [0, 0.05) is 46.8 Å². The van der Waals surface area contributed by atoms with Crippen LogP contribution in [0.4, 0.5) is 17.5 Å². The number of aromatic nitrogens is 8. The van der Waals surface area contributed by atoms with Crippen molar-refractivity contribution >= 4 is 73.2 Å². The van der Waals surface area contributed by atoms with Crippen LogP contribution in [0.3, 0.4) is 0 Å². The maximum atomic E-state index is 13.9. The zero-order valence-corrected chi connectivity index (χ0v) is 40.6. The number of thioether (sulfide) groups is 1. The number of fused-ring (bicyclic) bond motifs is 8. The second-order valence-electron chi connectivity index (χ2n) is 17.2. The zero-order chi connectivity index (χ0) is 52.9. The smallest absolute Gasteiger partial charge is 0.472 e. The summed E-state index contributed by atoms with van der Waals surface area (Å²) in [5.74, 6) is -0.717. The van der Waals surface area contributed by atoms with Crippen LogP contribution in [0, 0.1) is 0 Å². The Morgan fingerprint density at radius 3 is 2.24 bits per heavy atom. The van der Waals surface area contributed by atoms with Gasteiger partial charge in [-0.3, -0.25) is 32.5 Å². The van der Waals surface area contributed by atoms with Gasteiger partial charge in [0.05, 0.1) is 25.1 Å². The average molecular weight is 1100 g/mol. The monoisotopic (exact) mass is 1100 g/mol. The highest BCUT2D eigenvalue weighted by molar-refractivity contribution is 7.99. The van der Waals surface area contributed by atoms with Gasteiger partial charge in [-0.15, -0.1) is 0 Å². The number of benzene rings is 3. The molecule has 4 aliphatic heterocycles. The highest BCUT2D eigenvalue weighted by Crippen LogP contribution is 2.58. The molecule has 3 aromatic carbocycles. The third-order valence-electron chi connectivity index (χ3n) is 12.6. The minimum atomic E-state index is -5.37. The molecular formula is C42H41N11O19P2S. The molecule has 8 heterocycles. The molecule has 33 heteroatoms. The van der Waals surface area contributed by atoms with Crippen LogP contribution in [-0.2, 0) is 42.5 Å². The quantitative estimate of drug-likeness (QED) is 0.0292. The third kappa shape index (κ3) is 8.90. The summed E-state index contributed by atoms with van der Waals surface area (Å²) in [5, 5.41) is 57.9. The number of phosphoric acid groups is 2. The van der Waals surface area contributed by atoms with Crippen LogP contribution in [0.25, 0.3) is 22.3 Å². The Kier molecular flexibility index (Phi) is 12.6. The second kappa shape index (κ2) is 18.8. The van der Waals surface area contributed by atoms with Crippen LogP contribution < -0.4 is 27.1 Å². The summed E-state index contributed by atoms with van der Waals surface area (Å²) in [4.78, 5) is 79.8. The van der Waals surface area contributed by atoms with Gasteiger partial charge in [0.1, 0.15) is 71.5 Å². The molecule has 0 radical (unpaired) electrons. The molecule has 0 aliphatic carbocycles. The minimum absolute atomic E-state index is 0.0242. The number of carbonyl (C=O) groups is 1. The normalized spacial score (nSPS) is 24.5. The van der Waals surface area contributed by atoms with E-state index in [4.69, 9.17) is 39.5 Å². The molecule has 394 valence electrons. The Bertz CT molecular complexity index is 3550. The van der Waals surface area contributed by atoms with Crippen LogP contribution in [-0.4, -0.2) is 147 Å². The summed E-state index contributed by atoms with van der Waals surface area (Å²) >= 11 is 1.03. The maximum absolute atomic E-state index is 13.9. The number of nitrogens with two attached hydrogens (primary N) is 2. The van der Waals surface area contributed by atoms with E-state index < -0.39 is 95.1 Å². The highest BCUT2D eigenvalue weighted by atomic mass is 32.2. The Morgan fingerprint density at radius 2 is 1.52 bits per heavy atom. The maximum Gasteiger partial charge on any atom is 0.472 e. The third-order valence-corrected chi connectivity index (χ3v) is 15.0. The van der Waals surface area contributed by atoms with Gasteiger partial charge in [-0.05, 0) is 30.3 Å². The van der Waals surface area contributed by atoms with Crippen molar-refractivity contribution in [3.05, 3.63) is 99.9 Å². The number of phenolic OH excluding ortho intramolecular Hbond substituents is 2. The number of hydrogen-bond acceptors (Lipinski definition) is 25. The van der Waals surface area contributed by atoms with Crippen LogP contribution in [0.2, 0.25) is 0 Å². The molecule has 2 saturated heterocycles. The number of ether oxygens (including phenoxy) is 4. The van der Waals surface area contributed by atoms with Gasteiger partial charge in [0.15, 0.2) is 45.8 Å². The van der Waals surface area contributed by atoms with Crippen LogP contribution in [0.15, 0.2) is 77.2 Å². The summed E-state index contributed by atoms with van der Waals surface area (Å²) in [7, 11) is -10.5. The molecule has 75 heavy (non-hydrogen) atoms. The van der Waals surface area contributed by atoms with Gasteiger partial charge < -0.3 is 75.9 Å². The van der Waals surface area contributed by atoms with E-state index in [0.29, 0.717) is 22.4 Å². The average Bonchev–Trinajstić information content (AvgIpc) is 4.25. The standard InChI is InChI=1S/C42H41N11O19P2S/c43-33-27-34(47-14-46-33)52(15-48-27)37-31(58)32(25(70-37)13-66-73(61,62)63)72-74(64,65)67-12-24-29(56)30(57)38(69-24)53-35-28(36(59)51-40(44)50-35)49-41(53)75-9-8-45-21-3-1-2-20-26(21)39(60)71-42(20)18-6-4-16(54)10-22(18)68-23-11-17(55)5-7-19(23)42/h1-7,10-11,14-15,24-25,29-32,37-38,45,54-58H,8-9,12-13H2,(H,64,65)(H2,43,46,47)(H2,61,62,63)(H3,44,50,51,59)/t24-,25-,29-,30-,31-,32-,37-,38-/m1/s1. The first-order valence-electron chi connectivity index (χ1n) is 22.2.